The van der Waals surface area contributed by atoms with Crippen molar-refractivity contribution in [3.8, 4) is 0 Å². The lowest BCUT2D eigenvalue weighted by Gasteiger charge is -2.27. The number of aliphatic carboxylic acids is 2. The van der Waals surface area contributed by atoms with Crippen LogP contribution in [0.5, 0.6) is 0 Å². The van der Waals surface area contributed by atoms with E-state index < -0.39 is 36.5 Å². The molecule has 0 radical (unpaired) electrons. The molecule has 5 N–H and O–H groups in total. The Morgan fingerprint density at radius 1 is 1.24 bits per heavy atom. The number of amides is 1. The van der Waals surface area contributed by atoms with Crippen LogP contribution in [0.4, 0.5) is 5.69 Å². The molecule has 158 valence electrons. The van der Waals surface area contributed by atoms with Gasteiger partial charge in [-0.15, -0.1) is 0 Å². The van der Waals surface area contributed by atoms with Crippen molar-refractivity contribution in [2.24, 2.45) is 5.92 Å². The number of carbonyl (C=O) groups is 3. The van der Waals surface area contributed by atoms with Gasteiger partial charge in [0.1, 0.15) is 6.04 Å². The largest absolute Gasteiger partial charge is 0.481 e. The van der Waals surface area contributed by atoms with E-state index in [0.717, 1.165) is 37.3 Å². The van der Waals surface area contributed by atoms with Crippen LogP contribution in [-0.4, -0.2) is 63.7 Å². The highest BCUT2D eigenvalue weighted by Crippen LogP contribution is 2.38. The smallest absolute Gasteiger partial charge is 0.326 e. The van der Waals surface area contributed by atoms with E-state index in [1.165, 1.54) is 0 Å². The number of hydrogen-bond acceptors (Lipinski definition) is 6. The van der Waals surface area contributed by atoms with Crippen LogP contribution in [0.2, 0.25) is 0 Å². The molecule has 3 rings (SSSR count). The van der Waals surface area contributed by atoms with Gasteiger partial charge in [-0.2, -0.15) is 0 Å². The van der Waals surface area contributed by atoms with Crippen molar-refractivity contribution >= 4 is 23.5 Å². The monoisotopic (exact) mass is 405 g/mol. The van der Waals surface area contributed by atoms with Crippen LogP contribution in [-0.2, 0) is 9.59 Å². The summed E-state index contributed by atoms with van der Waals surface area (Å²) in [4.78, 5) is 36.4. The molecule has 9 heteroatoms. The molecule has 29 heavy (non-hydrogen) atoms. The fourth-order valence-corrected chi connectivity index (χ4v) is 4.10. The van der Waals surface area contributed by atoms with Gasteiger partial charge in [-0.05, 0) is 50.8 Å². The maximum absolute atomic E-state index is 13.0. The number of anilines is 1. The SMILES string of the molecule is O=C(O)CCC(C(=O)O)N1C(=O)c2c(NCCC3CCNCC3)cccc2C1O. The van der Waals surface area contributed by atoms with Crippen LogP contribution >= 0.6 is 0 Å². The third-order valence-electron chi connectivity index (χ3n) is 5.67. The Morgan fingerprint density at radius 3 is 2.62 bits per heavy atom. The maximum atomic E-state index is 13.0. The number of fused-ring (bicyclic) bond motifs is 1. The van der Waals surface area contributed by atoms with Gasteiger partial charge < -0.3 is 26.0 Å². The molecule has 1 aromatic carbocycles. The first-order chi connectivity index (χ1) is 13.9. The fraction of sp³-hybridized carbons (Fsp3) is 0.550. The van der Waals surface area contributed by atoms with Crippen LogP contribution in [0.25, 0.3) is 0 Å². The van der Waals surface area contributed by atoms with Gasteiger partial charge in [-0.3, -0.25) is 14.5 Å². The van der Waals surface area contributed by atoms with E-state index in [2.05, 4.69) is 10.6 Å². The molecule has 0 aromatic heterocycles. The topological polar surface area (TPSA) is 139 Å². The fourth-order valence-electron chi connectivity index (χ4n) is 4.10. The Kier molecular flexibility index (Phi) is 6.71. The molecule has 0 spiro atoms. The number of carbonyl (C=O) groups excluding carboxylic acids is 1. The van der Waals surface area contributed by atoms with E-state index in [4.69, 9.17) is 5.11 Å². The Labute approximate surface area is 168 Å². The lowest BCUT2D eigenvalue weighted by Crippen LogP contribution is -2.43. The molecule has 2 unspecified atom stereocenters. The van der Waals surface area contributed by atoms with E-state index in [0.29, 0.717) is 23.7 Å². The first-order valence-electron chi connectivity index (χ1n) is 9.93. The number of carboxylic acid groups (broad SMARTS) is 2. The van der Waals surface area contributed by atoms with Crippen LogP contribution in [0, 0.1) is 5.92 Å². The molecule has 0 aliphatic carbocycles. The summed E-state index contributed by atoms with van der Waals surface area (Å²) in [7, 11) is 0. The molecular weight excluding hydrogens is 378 g/mol. The first-order valence-corrected chi connectivity index (χ1v) is 9.93. The summed E-state index contributed by atoms with van der Waals surface area (Å²) >= 11 is 0. The lowest BCUT2D eigenvalue weighted by molar-refractivity contribution is -0.147. The van der Waals surface area contributed by atoms with Gasteiger partial charge in [0, 0.05) is 24.2 Å². The summed E-state index contributed by atoms with van der Waals surface area (Å²) in [6.07, 6.45) is 1.08. The Hall–Kier alpha value is -2.65. The average molecular weight is 405 g/mol. The highest BCUT2D eigenvalue weighted by Gasteiger charge is 2.43. The van der Waals surface area contributed by atoms with Crippen molar-refractivity contribution in [2.75, 3.05) is 25.0 Å². The van der Waals surface area contributed by atoms with Crippen molar-refractivity contribution in [3.05, 3.63) is 29.3 Å². The minimum atomic E-state index is -1.42. The number of hydrogen-bond donors (Lipinski definition) is 5. The van der Waals surface area contributed by atoms with Gasteiger partial charge in [0.2, 0.25) is 0 Å². The Balaban J connectivity index is 1.74. The van der Waals surface area contributed by atoms with Crippen molar-refractivity contribution in [2.45, 2.75) is 44.4 Å². The summed E-state index contributed by atoms with van der Waals surface area (Å²) in [5.41, 5.74) is 1.15. The molecule has 9 nitrogen and oxygen atoms in total. The molecule has 2 aliphatic rings. The number of nitrogens with one attached hydrogen (secondary N) is 2. The second-order valence-corrected chi connectivity index (χ2v) is 7.55. The minimum absolute atomic E-state index is 0.256. The van der Waals surface area contributed by atoms with Gasteiger partial charge in [-0.25, -0.2) is 4.79 Å². The number of rotatable bonds is 9. The summed E-state index contributed by atoms with van der Waals surface area (Å²) < 4.78 is 0. The van der Waals surface area contributed by atoms with Gasteiger partial charge in [0.25, 0.3) is 5.91 Å². The van der Waals surface area contributed by atoms with Crippen LogP contribution in [0.3, 0.4) is 0 Å². The number of aliphatic hydroxyl groups is 1. The zero-order valence-corrected chi connectivity index (χ0v) is 16.1. The second-order valence-electron chi connectivity index (χ2n) is 7.55. The molecule has 1 aromatic rings. The van der Waals surface area contributed by atoms with Crippen LogP contribution < -0.4 is 10.6 Å². The van der Waals surface area contributed by atoms with E-state index >= 15 is 0 Å². The maximum Gasteiger partial charge on any atom is 0.326 e. The van der Waals surface area contributed by atoms with E-state index in [1.807, 2.05) is 0 Å². The summed E-state index contributed by atoms with van der Waals surface area (Å²) in [6.45, 7) is 2.70. The number of carboxylic acids is 2. The molecule has 1 saturated heterocycles. The number of piperidine rings is 1. The molecule has 0 saturated carbocycles. The average Bonchev–Trinajstić information content (AvgIpc) is 2.94. The van der Waals surface area contributed by atoms with Crippen molar-refractivity contribution in [1.82, 2.24) is 10.2 Å². The molecule has 2 heterocycles. The zero-order chi connectivity index (χ0) is 21.0. The molecule has 1 amide bonds. The van der Waals surface area contributed by atoms with Crippen LogP contribution in [0.15, 0.2) is 18.2 Å². The van der Waals surface area contributed by atoms with Crippen molar-refractivity contribution < 1.29 is 29.7 Å². The molecule has 1 fully saturated rings. The Morgan fingerprint density at radius 2 is 1.97 bits per heavy atom. The van der Waals surface area contributed by atoms with E-state index in [9.17, 15) is 24.6 Å². The predicted octanol–water partition coefficient (Wildman–Crippen LogP) is 1.25. The van der Waals surface area contributed by atoms with Gasteiger partial charge >= 0.3 is 11.9 Å². The quantitative estimate of drug-likeness (QED) is 0.414. The van der Waals surface area contributed by atoms with Crippen LogP contribution in [0.1, 0.15) is 54.3 Å². The summed E-state index contributed by atoms with van der Waals surface area (Å²) in [5.74, 6) is -2.48. The zero-order valence-electron chi connectivity index (χ0n) is 16.1. The summed E-state index contributed by atoms with van der Waals surface area (Å²) in [5, 5.41) is 35.6. The third kappa shape index (κ3) is 4.68. The van der Waals surface area contributed by atoms with Crippen molar-refractivity contribution in [1.29, 1.82) is 0 Å². The molecule has 0 bridgehead atoms. The third-order valence-corrected chi connectivity index (χ3v) is 5.67. The molecule has 2 aliphatic heterocycles. The second kappa shape index (κ2) is 9.23. The Bertz CT molecular complexity index is 777. The normalized spacial score (nSPS) is 20.4. The number of nitrogens with zero attached hydrogens (tertiary/aromatic N) is 1. The minimum Gasteiger partial charge on any atom is -0.481 e. The van der Waals surface area contributed by atoms with E-state index in [-0.39, 0.29) is 12.0 Å². The number of aliphatic hydroxyl groups excluding tert-OH is 1. The highest BCUT2D eigenvalue weighted by atomic mass is 16.4. The van der Waals surface area contributed by atoms with Gasteiger partial charge in [0.15, 0.2) is 6.23 Å². The van der Waals surface area contributed by atoms with E-state index in [1.54, 1.807) is 18.2 Å². The lowest BCUT2D eigenvalue weighted by atomic mass is 9.94. The van der Waals surface area contributed by atoms with Gasteiger partial charge in [0.05, 0.1) is 5.56 Å². The summed E-state index contributed by atoms with van der Waals surface area (Å²) in [6, 6.07) is 3.62. The predicted molar refractivity (Wildman–Crippen MR) is 105 cm³/mol. The first kappa shape index (κ1) is 21.1. The number of benzene rings is 1. The standard InChI is InChI=1S/C20H27N3O6/c24-16(25)5-4-15(20(28)29)23-18(26)13-2-1-3-14(17(13)19(23)27)22-11-8-12-6-9-21-10-7-12/h1-3,12,15,18,21-22,26H,4-11H2,(H,24,25)(H,28,29). The molecule has 2 atom stereocenters. The van der Waals surface area contributed by atoms with Gasteiger partial charge in [-0.1, -0.05) is 12.1 Å². The molecular formula is C20H27N3O6. The van der Waals surface area contributed by atoms with Crippen molar-refractivity contribution in [3.63, 3.8) is 0 Å². The highest BCUT2D eigenvalue weighted by molar-refractivity contribution is 6.05.